The predicted molar refractivity (Wildman–Crippen MR) is 114 cm³/mol. The molecule has 152 valence electrons. The molecule has 0 spiro atoms. The monoisotopic (exact) mass is 393 g/mol. The van der Waals surface area contributed by atoms with E-state index < -0.39 is 0 Å². The van der Waals surface area contributed by atoms with Gasteiger partial charge in [-0.05, 0) is 30.5 Å². The van der Waals surface area contributed by atoms with Gasteiger partial charge in [0, 0.05) is 57.9 Å². The van der Waals surface area contributed by atoms with Crippen molar-refractivity contribution in [2.45, 2.75) is 12.8 Å². The zero-order valence-electron chi connectivity index (χ0n) is 16.8. The highest BCUT2D eigenvalue weighted by Gasteiger charge is 2.24. The molecule has 1 aromatic heterocycles. The number of amides is 1. The van der Waals surface area contributed by atoms with Gasteiger partial charge in [-0.15, -0.1) is 0 Å². The molecule has 2 aliphatic heterocycles. The van der Waals surface area contributed by atoms with Crippen molar-refractivity contribution in [3.63, 3.8) is 0 Å². The van der Waals surface area contributed by atoms with E-state index in [0.717, 1.165) is 63.2 Å². The molecule has 8 nitrogen and oxygen atoms in total. The standard InChI is InChI=1S/C21H27N7O/c1-22-20(26-12-14-27(15-13-26)21-23-9-5-10-24-21)25-16-19(29)28-11-4-7-17-6-2-3-8-18(17)28/h2-3,5-6,8-10H,4,7,11-16H2,1H3,(H,22,25). The minimum atomic E-state index is 0.0784. The van der Waals surface area contributed by atoms with E-state index in [1.807, 2.05) is 29.2 Å². The van der Waals surface area contributed by atoms with Crippen LogP contribution in [0.2, 0.25) is 0 Å². The fourth-order valence-electron chi connectivity index (χ4n) is 3.95. The number of fused-ring (bicyclic) bond motifs is 1. The molecule has 0 aliphatic carbocycles. The molecular formula is C21H27N7O. The maximum absolute atomic E-state index is 12.9. The Bertz CT molecular complexity index is 862. The number of benzene rings is 1. The summed E-state index contributed by atoms with van der Waals surface area (Å²) in [4.78, 5) is 32.1. The van der Waals surface area contributed by atoms with Crippen LogP contribution >= 0.6 is 0 Å². The summed E-state index contributed by atoms with van der Waals surface area (Å²) >= 11 is 0. The molecule has 4 rings (SSSR count). The van der Waals surface area contributed by atoms with Gasteiger partial charge in [-0.3, -0.25) is 9.79 Å². The SMILES string of the molecule is CN=C(NCC(=O)N1CCCc2ccccc21)N1CCN(c2ncccn2)CC1. The Labute approximate surface area is 171 Å². The maximum atomic E-state index is 12.9. The van der Waals surface area contributed by atoms with Crippen LogP contribution in [0.5, 0.6) is 0 Å². The van der Waals surface area contributed by atoms with Gasteiger partial charge in [0.25, 0.3) is 0 Å². The van der Waals surface area contributed by atoms with Gasteiger partial charge in [-0.1, -0.05) is 18.2 Å². The lowest BCUT2D eigenvalue weighted by Gasteiger charge is -2.36. The number of aliphatic imine (C=N–C) groups is 1. The van der Waals surface area contributed by atoms with E-state index in [4.69, 9.17) is 0 Å². The first-order valence-electron chi connectivity index (χ1n) is 10.1. The number of rotatable bonds is 3. The molecule has 0 saturated carbocycles. The summed E-state index contributed by atoms with van der Waals surface area (Å²) in [6.07, 6.45) is 5.56. The number of hydrogen-bond donors (Lipinski definition) is 1. The smallest absolute Gasteiger partial charge is 0.246 e. The van der Waals surface area contributed by atoms with Gasteiger partial charge >= 0.3 is 0 Å². The third kappa shape index (κ3) is 4.31. The number of guanidine groups is 1. The van der Waals surface area contributed by atoms with Crippen LogP contribution in [0.15, 0.2) is 47.7 Å². The number of para-hydroxylation sites is 1. The fraction of sp³-hybridized carbons (Fsp3) is 0.429. The highest BCUT2D eigenvalue weighted by molar-refractivity contribution is 5.98. The van der Waals surface area contributed by atoms with Crippen molar-refractivity contribution < 1.29 is 4.79 Å². The Morgan fingerprint density at radius 1 is 1.07 bits per heavy atom. The number of aromatic nitrogens is 2. The summed E-state index contributed by atoms with van der Waals surface area (Å²) in [5.41, 5.74) is 2.28. The van der Waals surface area contributed by atoms with Gasteiger partial charge in [-0.25, -0.2) is 9.97 Å². The van der Waals surface area contributed by atoms with Crippen molar-refractivity contribution >= 4 is 23.5 Å². The number of carbonyl (C=O) groups is 1. The lowest BCUT2D eigenvalue weighted by Crippen LogP contribution is -2.54. The van der Waals surface area contributed by atoms with Crippen molar-refractivity contribution in [2.75, 3.05) is 56.1 Å². The molecule has 1 fully saturated rings. The van der Waals surface area contributed by atoms with Crippen molar-refractivity contribution in [3.8, 4) is 0 Å². The summed E-state index contributed by atoms with van der Waals surface area (Å²) in [5.74, 6) is 1.60. The zero-order chi connectivity index (χ0) is 20.1. The predicted octanol–water partition coefficient (Wildman–Crippen LogP) is 1.15. The van der Waals surface area contributed by atoms with Crippen LogP contribution in [0.1, 0.15) is 12.0 Å². The Kier molecular flexibility index (Phi) is 5.88. The van der Waals surface area contributed by atoms with Crippen molar-refractivity contribution in [3.05, 3.63) is 48.3 Å². The summed E-state index contributed by atoms with van der Waals surface area (Å²) in [7, 11) is 1.76. The first-order chi connectivity index (χ1) is 14.3. The normalized spacial score (nSPS) is 17.1. The number of carbonyl (C=O) groups excluding carboxylic acids is 1. The molecule has 3 heterocycles. The topological polar surface area (TPSA) is 77.0 Å². The average Bonchev–Trinajstić information content (AvgIpc) is 2.80. The molecule has 2 aliphatic rings. The van der Waals surface area contributed by atoms with Gasteiger partial charge in [0.05, 0.1) is 6.54 Å². The zero-order valence-corrected chi connectivity index (χ0v) is 16.8. The van der Waals surface area contributed by atoms with Crippen molar-refractivity contribution in [1.82, 2.24) is 20.2 Å². The lowest BCUT2D eigenvalue weighted by atomic mass is 10.0. The Hall–Kier alpha value is -3.16. The summed E-state index contributed by atoms with van der Waals surface area (Å²) in [5, 5.41) is 3.26. The van der Waals surface area contributed by atoms with Crippen molar-refractivity contribution in [2.24, 2.45) is 4.99 Å². The van der Waals surface area contributed by atoms with Gasteiger partial charge in [0.2, 0.25) is 11.9 Å². The highest BCUT2D eigenvalue weighted by Crippen LogP contribution is 2.26. The molecule has 1 N–H and O–H groups in total. The fourth-order valence-corrected chi connectivity index (χ4v) is 3.95. The molecule has 29 heavy (non-hydrogen) atoms. The Morgan fingerprint density at radius 3 is 2.59 bits per heavy atom. The second-order valence-electron chi connectivity index (χ2n) is 7.20. The third-order valence-corrected chi connectivity index (χ3v) is 5.44. The van der Waals surface area contributed by atoms with E-state index in [-0.39, 0.29) is 12.5 Å². The number of anilines is 2. The van der Waals surface area contributed by atoms with E-state index in [9.17, 15) is 4.79 Å². The minimum absolute atomic E-state index is 0.0784. The molecule has 8 heteroatoms. The first-order valence-corrected chi connectivity index (χ1v) is 10.1. The van der Waals surface area contributed by atoms with Crippen LogP contribution in [0.3, 0.4) is 0 Å². The van der Waals surface area contributed by atoms with Crippen LogP contribution in [0, 0.1) is 0 Å². The number of nitrogens with one attached hydrogen (secondary N) is 1. The summed E-state index contributed by atoms with van der Waals surface area (Å²) < 4.78 is 0. The quantitative estimate of drug-likeness (QED) is 0.623. The van der Waals surface area contributed by atoms with E-state index in [1.165, 1.54) is 5.56 Å². The molecule has 0 bridgehead atoms. The van der Waals surface area contributed by atoms with Crippen LogP contribution < -0.4 is 15.1 Å². The second kappa shape index (κ2) is 8.89. The molecule has 1 amide bonds. The molecule has 0 radical (unpaired) electrons. The molecule has 1 aromatic carbocycles. The average molecular weight is 393 g/mol. The van der Waals surface area contributed by atoms with Gasteiger partial charge in [0.1, 0.15) is 0 Å². The number of piperazine rings is 1. The van der Waals surface area contributed by atoms with Gasteiger partial charge in [0.15, 0.2) is 5.96 Å². The van der Waals surface area contributed by atoms with Crippen LogP contribution in [-0.4, -0.2) is 73.1 Å². The first kappa shape index (κ1) is 19.2. The number of aryl methyl sites for hydroxylation is 1. The summed E-state index contributed by atoms with van der Waals surface area (Å²) in [6.45, 7) is 4.25. The van der Waals surface area contributed by atoms with Crippen LogP contribution in [-0.2, 0) is 11.2 Å². The Balaban J connectivity index is 1.32. The number of nitrogens with zero attached hydrogens (tertiary/aromatic N) is 6. The molecule has 2 aromatic rings. The third-order valence-electron chi connectivity index (χ3n) is 5.44. The van der Waals surface area contributed by atoms with Crippen LogP contribution in [0.4, 0.5) is 11.6 Å². The second-order valence-corrected chi connectivity index (χ2v) is 7.20. The van der Waals surface area contributed by atoms with E-state index in [1.54, 1.807) is 19.4 Å². The highest BCUT2D eigenvalue weighted by atomic mass is 16.2. The van der Waals surface area contributed by atoms with Crippen molar-refractivity contribution in [1.29, 1.82) is 0 Å². The van der Waals surface area contributed by atoms with Gasteiger partial charge < -0.3 is 20.0 Å². The Morgan fingerprint density at radius 2 is 1.83 bits per heavy atom. The number of hydrogen-bond acceptors (Lipinski definition) is 5. The molecule has 0 atom stereocenters. The maximum Gasteiger partial charge on any atom is 0.246 e. The lowest BCUT2D eigenvalue weighted by molar-refractivity contribution is -0.117. The minimum Gasteiger partial charge on any atom is -0.347 e. The molecule has 1 saturated heterocycles. The van der Waals surface area contributed by atoms with Gasteiger partial charge in [-0.2, -0.15) is 0 Å². The molecular weight excluding hydrogens is 366 g/mol. The van der Waals surface area contributed by atoms with Crippen LogP contribution in [0.25, 0.3) is 0 Å². The largest absolute Gasteiger partial charge is 0.347 e. The molecule has 0 unspecified atom stereocenters. The van der Waals surface area contributed by atoms with E-state index in [2.05, 4.69) is 36.1 Å². The van der Waals surface area contributed by atoms with E-state index in [0.29, 0.717) is 0 Å². The van der Waals surface area contributed by atoms with E-state index >= 15 is 0 Å². The summed E-state index contributed by atoms with van der Waals surface area (Å²) in [6, 6.07) is 9.99.